The van der Waals surface area contributed by atoms with Crippen molar-refractivity contribution in [3.63, 3.8) is 0 Å². The molecule has 1 N–H and O–H groups in total. The number of anilines is 1. The monoisotopic (exact) mass is 343 g/mol. The molecule has 0 aliphatic heterocycles. The van der Waals surface area contributed by atoms with Crippen LogP contribution in [0.4, 0.5) is 5.69 Å². The third-order valence-corrected chi connectivity index (χ3v) is 3.98. The van der Waals surface area contributed by atoms with Crippen LogP contribution in [0.15, 0.2) is 22.7 Å². The minimum absolute atomic E-state index is 0.636. The molecule has 6 heteroatoms. The molecule has 1 aromatic carbocycles. The standard InChI is InChI=1S/C13H15BrClN3O/c1-8-10(13(15)18(2)17-8)7-16-9-4-5-12(19-3)11(14)6-9/h4-6,16H,7H2,1-3H3. The zero-order valence-electron chi connectivity index (χ0n) is 11.0. The highest BCUT2D eigenvalue weighted by Crippen LogP contribution is 2.28. The van der Waals surface area contributed by atoms with Crippen molar-refractivity contribution < 1.29 is 4.74 Å². The van der Waals surface area contributed by atoms with Crippen LogP contribution in [0, 0.1) is 6.92 Å². The summed E-state index contributed by atoms with van der Waals surface area (Å²) in [4.78, 5) is 0. The quantitative estimate of drug-likeness (QED) is 0.918. The number of aromatic nitrogens is 2. The molecule has 0 radical (unpaired) electrons. The summed E-state index contributed by atoms with van der Waals surface area (Å²) in [5, 5.41) is 8.27. The number of hydrogen-bond donors (Lipinski definition) is 1. The van der Waals surface area contributed by atoms with Gasteiger partial charge in [-0.15, -0.1) is 0 Å². The third kappa shape index (κ3) is 3.04. The number of ether oxygens (including phenoxy) is 1. The Morgan fingerprint density at radius 1 is 1.47 bits per heavy atom. The first-order valence-corrected chi connectivity index (χ1v) is 6.95. The smallest absolute Gasteiger partial charge is 0.133 e. The molecule has 0 unspecified atom stereocenters. The topological polar surface area (TPSA) is 39.1 Å². The summed E-state index contributed by atoms with van der Waals surface area (Å²) in [5.41, 5.74) is 2.94. The minimum Gasteiger partial charge on any atom is -0.496 e. The number of benzene rings is 1. The Morgan fingerprint density at radius 2 is 2.21 bits per heavy atom. The molecule has 1 heterocycles. The second-order valence-corrected chi connectivity index (χ2v) is 5.39. The number of hydrogen-bond acceptors (Lipinski definition) is 3. The van der Waals surface area contributed by atoms with Gasteiger partial charge in [0.25, 0.3) is 0 Å². The molecule has 2 rings (SSSR count). The van der Waals surface area contributed by atoms with E-state index in [-0.39, 0.29) is 0 Å². The van der Waals surface area contributed by atoms with Crippen molar-refractivity contribution in [1.82, 2.24) is 9.78 Å². The second kappa shape index (κ2) is 5.84. The molecule has 0 spiro atoms. The average Bonchev–Trinajstić information content (AvgIpc) is 2.61. The Morgan fingerprint density at radius 3 is 2.74 bits per heavy atom. The fraction of sp³-hybridized carbons (Fsp3) is 0.308. The lowest BCUT2D eigenvalue weighted by Gasteiger charge is -2.09. The van der Waals surface area contributed by atoms with Gasteiger partial charge in [0.05, 0.1) is 17.3 Å². The average molecular weight is 345 g/mol. The summed E-state index contributed by atoms with van der Waals surface area (Å²) in [6.45, 7) is 2.59. The molecule has 19 heavy (non-hydrogen) atoms. The lowest BCUT2D eigenvalue weighted by Crippen LogP contribution is -2.01. The Balaban J connectivity index is 2.12. The second-order valence-electron chi connectivity index (χ2n) is 4.18. The Labute approximate surface area is 125 Å². The molecule has 2 aromatic rings. The van der Waals surface area contributed by atoms with E-state index in [0.29, 0.717) is 11.7 Å². The van der Waals surface area contributed by atoms with E-state index in [2.05, 4.69) is 26.3 Å². The zero-order valence-corrected chi connectivity index (χ0v) is 13.3. The fourth-order valence-corrected chi connectivity index (χ4v) is 2.62. The van der Waals surface area contributed by atoms with Gasteiger partial charge in [0, 0.05) is 24.8 Å². The van der Waals surface area contributed by atoms with Crippen LogP contribution in [0.1, 0.15) is 11.3 Å². The van der Waals surface area contributed by atoms with E-state index >= 15 is 0 Å². The predicted octanol–water partition coefficient (Wildman–Crippen LogP) is 3.77. The SMILES string of the molecule is COc1ccc(NCc2c(C)nn(C)c2Cl)cc1Br. The summed E-state index contributed by atoms with van der Waals surface area (Å²) < 4.78 is 7.78. The van der Waals surface area contributed by atoms with Gasteiger partial charge in [0.15, 0.2) is 0 Å². The van der Waals surface area contributed by atoms with E-state index in [0.717, 1.165) is 27.2 Å². The fourth-order valence-electron chi connectivity index (χ4n) is 1.84. The maximum Gasteiger partial charge on any atom is 0.133 e. The van der Waals surface area contributed by atoms with Crippen molar-refractivity contribution in [2.75, 3.05) is 12.4 Å². The van der Waals surface area contributed by atoms with E-state index in [1.807, 2.05) is 32.2 Å². The number of methoxy groups -OCH3 is 1. The maximum atomic E-state index is 6.19. The highest BCUT2D eigenvalue weighted by molar-refractivity contribution is 9.10. The van der Waals surface area contributed by atoms with Crippen molar-refractivity contribution in [2.24, 2.45) is 7.05 Å². The third-order valence-electron chi connectivity index (χ3n) is 2.89. The van der Waals surface area contributed by atoms with Crippen LogP contribution in [0.2, 0.25) is 5.15 Å². The highest BCUT2D eigenvalue weighted by Gasteiger charge is 2.11. The zero-order chi connectivity index (χ0) is 14.0. The normalized spacial score (nSPS) is 10.6. The molecule has 0 fully saturated rings. The van der Waals surface area contributed by atoms with Crippen molar-refractivity contribution in [2.45, 2.75) is 13.5 Å². The number of nitrogens with zero attached hydrogens (tertiary/aromatic N) is 2. The van der Waals surface area contributed by atoms with Crippen molar-refractivity contribution >= 4 is 33.2 Å². The Hall–Kier alpha value is -1.20. The van der Waals surface area contributed by atoms with Gasteiger partial charge in [-0.2, -0.15) is 5.10 Å². The Kier molecular flexibility index (Phi) is 4.37. The summed E-state index contributed by atoms with van der Waals surface area (Å²) >= 11 is 9.65. The lowest BCUT2D eigenvalue weighted by atomic mass is 10.2. The van der Waals surface area contributed by atoms with Gasteiger partial charge in [0.2, 0.25) is 0 Å². The van der Waals surface area contributed by atoms with Crippen LogP contribution in [0.5, 0.6) is 5.75 Å². The molecule has 1 aromatic heterocycles. The number of aryl methyl sites for hydroxylation is 2. The number of nitrogens with one attached hydrogen (secondary N) is 1. The summed E-state index contributed by atoms with van der Waals surface area (Å²) in [6, 6.07) is 5.84. The van der Waals surface area contributed by atoms with Gasteiger partial charge in [-0.25, -0.2) is 0 Å². The lowest BCUT2D eigenvalue weighted by molar-refractivity contribution is 0.412. The van der Waals surface area contributed by atoms with Crippen LogP contribution < -0.4 is 10.1 Å². The molecular formula is C13H15BrClN3O. The number of halogens is 2. The summed E-state index contributed by atoms with van der Waals surface area (Å²) in [6.07, 6.45) is 0. The first-order valence-electron chi connectivity index (χ1n) is 5.78. The van der Waals surface area contributed by atoms with Gasteiger partial charge in [0.1, 0.15) is 10.9 Å². The maximum absolute atomic E-state index is 6.19. The van der Waals surface area contributed by atoms with Crippen LogP contribution in [0.25, 0.3) is 0 Å². The van der Waals surface area contributed by atoms with Gasteiger partial charge in [-0.3, -0.25) is 4.68 Å². The molecule has 0 saturated heterocycles. The largest absolute Gasteiger partial charge is 0.496 e. The van der Waals surface area contributed by atoms with E-state index in [1.54, 1.807) is 11.8 Å². The Bertz CT molecular complexity index is 598. The molecule has 0 bridgehead atoms. The highest BCUT2D eigenvalue weighted by atomic mass is 79.9. The minimum atomic E-state index is 0.636. The van der Waals surface area contributed by atoms with Crippen molar-refractivity contribution in [3.05, 3.63) is 39.1 Å². The van der Waals surface area contributed by atoms with E-state index < -0.39 is 0 Å². The molecule has 0 amide bonds. The molecule has 102 valence electrons. The molecular weight excluding hydrogens is 330 g/mol. The van der Waals surface area contributed by atoms with Crippen LogP contribution in [-0.2, 0) is 13.6 Å². The number of rotatable bonds is 4. The van der Waals surface area contributed by atoms with E-state index in [9.17, 15) is 0 Å². The van der Waals surface area contributed by atoms with Crippen LogP contribution in [0.3, 0.4) is 0 Å². The molecule has 0 aliphatic carbocycles. The first-order chi connectivity index (χ1) is 9.02. The molecule has 0 atom stereocenters. The first kappa shape index (κ1) is 14.2. The van der Waals surface area contributed by atoms with Crippen molar-refractivity contribution in [3.8, 4) is 5.75 Å². The molecule has 4 nitrogen and oxygen atoms in total. The van der Waals surface area contributed by atoms with E-state index in [4.69, 9.17) is 16.3 Å². The van der Waals surface area contributed by atoms with Crippen molar-refractivity contribution in [1.29, 1.82) is 0 Å². The van der Waals surface area contributed by atoms with E-state index in [1.165, 1.54) is 0 Å². The van der Waals surface area contributed by atoms with Crippen LogP contribution >= 0.6 is 27.5 Å². The van der Waals surface area contributed by atoms with Gasteiger partial charge in [-0.1, -0.05) is 11.6 Å². The summed E-state index contributed by atoms with van der Waals surface area (Å²) in [7, 11) is 3.48. The molecule has 0 saturated carbocycles. The van der Waals surface area contributed by atoms with Gasteiger partial charge >= 0.3 is 0 Å². The molecule has 0 aliphatic rings. The van der Waals surface area contributed by atoms with Gasteiger partial charge < -0.3 is 10.1 Å². The van der Waals surface area contributed by atoms with Crippen LogP contribution in [-0.4, -0.2) is 16.9 Å². The van der Waals surface area contributed by atoms with Gasteiger partial charge in [-0.05, 0) is 41.1 Å². The summed E-state index contributed by atoms with van der Waals surface area (Å²) in [5.74, 6) is 0.807. The predicted molar refractivity (Wildman–Crippen MR) is 81.0 cm³/mol.